The summed E-state index contributed by atoms with van der Waals surface area (Å²) in [6.07, 6.45) is 0. The second kappa shape index (κ2) is 11.7. The number of hydrogen-bond acceptors (Lipinski definition) is 0. The van der Waals surface area contributed by atoms with Gasteiger partial charge in [-0.1, -0.05) is 0 Å². The van der Waals surface area contributed by atoms with Gasteiger partial charge >= 0.3 is 253 Å². The molecule has 3 aliphatic rings. The van der Waals surface area contributed by atoms with E-state index in [-0.39, 0.29) is 30.2 Å². The quantitative estimate of drug-likeness (QED) is 0.303. The molecule has 212 valence electrons. The van der Waals surface area contributed by atoms with Crippen LogP contribution in [0, 0.1) is 0 Å². The van der Waals surface area contributed by atoms with Crippen LogP contribution in [0.2, 0.25) is 0 Å². The molecule has 1 heterocycles. The van der Waals surface area contributed by atoms with Gasteiger partial charge in [-0.3, -0.25) is 0 Å². The number of fused-ring (bicyclic) bond motifs is 8. The fourth-order valence-electron chi connectivity index (χ4n) is 8.16. The summed E-state index contributed by atoms with van der Waals surface area (Å²) in [7, 11) is 0. The van der Waals surface area contributed by atoms with E-state index in [1.807, 2.05) is 0 Å². The Morgan fingerprint density at radius 1 is 0.524 bits per heavy atom. The minimum atomic E-state index is -0.936. The van der Waals surface area contributed by atoms with E-state index in [1.54, 1.807) is 44.5 Å². The third-order valence-corrected chi connectivity index (χ3v) is 15.1. The summed E-state index contributed by atoms with van der Waals surface area (Å²) in [5.74, 6) is 0.940. The van der Waals surface area contributed by atoms with E-state index < -0.39 is 23.2 Å². The van der Waals surface area contributed by atoms with Crippen LogP contribution in [-0.2, 0) is 28.6 Å². The average Bonchev–Trinajstić information content (AvgIpc) is 3.43. The van der Waals surface area contributed by atoms with Crippen molar-refractivity contribution in [1.82, 2.24) is 0 Å². The van der Waals surface area contributed by atoms with Crippen molar-refractivity contribution in [3.63, 3.8) is 0 Å². The van der Waals surface area contributed by atoms with Gasteiger partial charge < -0.3 is 24.8 Å². The van der Waals surface area contributed by atoms with Gasteiger partial charge in [0.2, 0.25) is 0 Å². The molecule has 7 rings (SSSR count). The first-order valence-corrected chi connectivity index (χ1v) is 17.8. The van der Waals surface area contributed by atoms with Crippen LogP contribution in [-0.4, -0.2) is 0 Å². The molecule has 2 atom stereocenters. The van der Waals surface area contributed by atoms with Crippen molar-refractivity contribution < 1.29 is 48.0 Å². The molecule has 42 heavy (non-hydrogen) atoms. The summed E-state index contributed by atoms with van der Waals surface area (Å²) in [6.45, 7) is 14.5. The molecule has 0 radical (unpaired) electrons. The molecule has 4 aromatic carbocycles. The maximum absolute atomic E-state index is 2.50. The summed E-state index contributed by atoms with van der Waals surface area (Å²) in [5, 5.41) is 0. The van der Waals surface area contributed by atoms with Crippen molar-refractivity contribution >= 4 is 11.1 Å². The number of halogens is 2. The summed E-state index contributed by atoms with van der Waals surface area (Å²) in [4.78, 5) is 0. The Morgan fingerprint density at radius 3 is 1.26 bits per heavy atom. The Kier molecular flexibility index (Phi) is 8.73. The van der Waals surface area contributed by atoms with Gasteiger partial charge in [0.15, 0.2) is 0 Å². The Balaban J connectivity index is 0.00000176. The molecule has 0 spiro atoms. The van der Waals surface area contributed by atoms with Gasteiger partial charge in [-0.25, -0.2) is 0 Å². The SMILES string of the molecule is CC1=C2c3c(C(C)C)cccc3[CH]1[Zr+2][CH]1C(C)=C(c3c(C(C)C)cccc31)C2(c1ccccc1)c1ccccc1.[Cl-].[Cl-]. The van der Waals surface area contributed by atoms with Crippen LogP contribution in [0.5, 0.6) is 0 Å². The van der Waals surface area contributed by atoms with E-state index >= 15 is 0 Å². The molecular weight excluding hydrogens is 631 g/mol. The molecule has 0 saturated carbocycles. The van der Waals surface area contributed by atoms with E-state index in [9.17, 15) is 0 Å². The molecule has 2 aliphatic carbocycles. The molecule has 0 aromatic heterocycles. The first-order valence-electron chi connectivity index (χ1n) is 14.9. The van der Waals surface area contributed by atoms with Gasteiger partial charge in [-0.2, -0.15) is 0 Å². The zero-order valence-corrected chi connectivity index (χ0v) is 29.3. The summed E-state index contributed by atoms with van der Waals surface area (Å²) < 4.78 is 1.18. The van der Waals surface area contributed by atoms with Crippen molar-refractivity contribution in [2.24, 2.45) is 0 Å². The number of hydrogen-bond donors (Lipinski definition) is 0. The van der Waals surface area contributed by atoms with Crippen LogP contribution in [0.3, 0.4) is 0 Å². The molecule has 0 N–H and O–H groups in total. The van der Waals surface area contributed by atoms with Crippen molar-refractivity contribution in [1.29, 1.82) is 0 Å². The monoisotopic (exact) mass is 666 g/mol. The van der Waals surface area contributed by atoms with Gasteiger partial charge in [0.1, 0.15) is 0 Å². The van der Waals surface area contributed by atoms with Gasteiger partial charge in [-0.05, 0) is 0 Å². The van der Waals surface area contributed by atoms with Crippen LogP contribution in [0.15, 0.2) is 108 Å². The first kappa shape index (κ1) is 31.3. The largest absolute Gasteiger partial charge is 1.00 e. The molecule has 4 aromatic rings. The van der Waals surface area contributed by atoms with Crippen molar-refractivity contribution in [3.05, 3.63) is 153 Å². The van der Waals surface area contributed by atoms with E-state index in [0.29, 0.717) is 19.1 Å². The van der Waals surface area contributed by atoms with Crippen LogP contribution in [0.4, 0.5) is 0 Å². The molecule has 3 heteroatoms. The second-order valence-corrected chi connectivity index (χ2v) is 16.2. The fourth-order valence-corrected chi connectivity index (χ4v) is 13.0. The normalized spacial score (nSPS) is 19.2. The van der Waals surface area contributed by atoms with Gasteiger partial charge in [-0.15, -0.1) is 0 Å². The molecular formula is C39H38Cl2Zr. The van der Waals surface area contributed by atoms with Crippen molar-refractivity contribution in [2.75, 3.05) is 0 Å². The fraction of sp³-hybridized carbons (Fsp3) is 0.282. The summed E-state index contributed by atoms with van der Waals surface area (Å²) in [6, 6.07) is 37.5. The smallest absolute Gasteiger partial charge is 1.00 e. The van der Waals surface area contributed by atoms with Gasteiger partial charge in [0.25, 0.3) is 0 Å². The van der Waals surface area contributed by atoms with Crippen molar-refractivity contribution in [2.45, 2.75) is 66.0 Å². The van der Waals surface area contributed by atoms with E-state index in [4.69, 9.17) is 0 Å². The van der Waals surface area contributed by atoms with Gasteiger partial charge in [0, 0.05) is 0 Å². The topological polar surface area (TPSA) is 0 Å². The maximum atomic E-state index is 2.50. The van der Waals surface area contributed by atoms with Crippen LogP contribution < -0.4 is 24.8 Å². The van der Waals surface area contributed by atoms with E-state index in [0.717, 1.165) is 0 Å². The zero-order chi connectivity index (χ0) is 27.8. The maximum Gasteiger partial charge on any atom is -1.00 e. The standard InChI is InChI=1S/C39H38.2ClH.Zr/c1-25(2)33-21-13-15-29-23-27(5)37(35(29)33)39(31-17-9-7-10-18-31,32-19-11-8-12-20-32)38-28(6)24-30-16-14-22-34(26(3)4)36(30)38;;;/h7-26H,1-6H3;2*1H;/q;;;+2/p-2. The zero-order valence-electron chi connectivity index (χ0n) is 25.3. The van der Waals surface area contributed by atoms with E-state index in [1.165, 1.54) is 22.3 Å². The van der Waals surface area contributed by atoms with Crippen LogP contribution in [0.1, 0.15) is 105 Å². The van der Waals surface area contributed by atoms with Gasteiger partial charge in [0.05, 0.1) is 0 Å². The third-order valence-electron chi connectivity index (χ3n) is 9.78. The van der Waals surface area contributed by atoms with Crippen molar-refractivity contribution in [3.8, 4) is 0 Å². The number of benzene rings is 4. The number of rotatable bonds is 4. The van der Waals surface area contributed by atoms with Crippen LogP contribution in [0.25, 0.3) is 11.1 Å². The minimum absolute atomic E-state index is 0. The predicted molar refractivity (Wildman–Crippen MR) is 165 cm³/mol. The molecule has 1 aliphatic heterocycles. The molecule has 0 fully saturated rings. The second-order valence-electron chi connectivity index (χ2n) is 12.6. The number of allylic oxidation sites excluding steroid dienone is 4. The average molecular weight is 669 g/mol. The minimum Gasteiger partial charge on any atom is -1.00 e. The molecule has 0 saturated heterocycles. The Hall–Kier alpha value is -2.18. The summed E-state index contributed by atoms with van der Waals surface area (Å²) >= 11 is -0.936. The Morgan fingerprint density at radius 2 is 0.905 bits per heavy atom. The molecule has 2 unspecified atom stereocenters. The van der Waals surface area contributed by atoms with Crippen LogP contribution >= 0.6 is 0 Å². The molecule has 0 amide bonds. The first-order chi connectivity index (χ1) is 19.4. The third kappa shape index (κ3) is 4.25. The molecule has 4 bridgehead atoms. The molecule has 0 nitrogen and oxygen atoms in total. The Bertz CT molecular complexity index is 1570. The predicted octanol–water partition coefficient (Wildman–Crippen LogP) is 4.38. The Labute approximate surface area is 276 Å². The summed E-state index contributed by atoms with van der Waals surface area (Å²) in [5.41, 5.74) is 18.2. The van der Waals surface area contributed by atoms with E-state index in [2.05, 4.69) is 139 Å².